The number of nitrogens with two attached hydrogens (primary N) is 1. The van der Waals surface area contributed by atoms with Gasteiger partial charge in [0, 0.05) is 18.8 Å². The fourth-order valence-corrected chi connectivity index (χ4v) is 2.08. The zero-order chi connectivity index (χ0) is 12.3. The average molecular weight is 241 g/mol. The second-order valence-electron chi connectivity index (χ2n) is 4.41. The first kappa shape index (κ1) is 13.2. The van der Waals surface area contributed by atoms with E-state index in [-0.39, 0.29) is 0 Å². The Morgan fingerprint density at radius 1 is 1.44 bits per heavy atom. The van der Waals surface area contributed by atoms with Gasteiger partial charge in [-0.15, -0.1) is 0 Å². The Labute approximate surface area is 103 Å². The molecule has 0 saturated heterocycles. The van der Waals surface area contributed by atoms with Crippen molar-refractivity contribution in [2.45, 2.75) is 39.7 Å². The van der Waals surface area contributed by atoms with Crippen LogP contribution in [0.25, 0.3) is 0 Å². The first-order valence-electron chi connectivity index (χ1n) is 5.75. The van der Waals surface area contributed by atoms with Crippen molar-refractivity contribution >= 4 is 23.0 Å². The fraction of sp³-hybridized carbons (Fsp3) is 0.538. The third-order valence-corrected chi connectivity index (χ3v) is 3.39. The summed E-state index contributed by atoms with van der Waals surface area (Å²) in [6.07, 6.45) is 2.37. The Morgan fingerprint density at radius 2 is 2.06 bits per heavy atom. The van der Waals surface area contributed by atoms with Gasteiger partial charge in [0.15, 0.2) is 0 Å². The topological polar surface area (TPSA) is 29.3 Å². The third kappa shape index (κ3) is 2.82. The Balaban J connectivity index is 2.99. The number of nitrogen functional groups attached to an aromatic ring is 1. The second kappa shape index (κ2) is 5.44. The van der Waals surface area contributed by atoms with E-state index < -0.39 is 0 Å². The van der Waals surface area contributed by atoms with Gasteiger partial charge in [0.05, 0.1) is 10.7 Å². The van der Waals surface area contributed by atoms with Crippen molar-refractivity contribution in [3.63, 3.8) is 0 Å². The molecule has 0 bridgehead atoms. The van der Waals surface area contributed by atoms with Gasteiger partial charge in [-0.1, -0.05) is 24.9 Å². The summed E-state index contributed by atoms with van der Waals surface area (Å²) in [7, 11) is 2.11. The number of aryl methyl sites for hydroxylation is 1. The lowest BCUT2D eigenvalue weighted by molar-refractivity contribution is 0.615. The largest absolute Gasteiger partial charge is 0.398 e. The van der Waals surface area contributed by atoms with Crippen LogP contribution in [0.5, 0.6) is 0 Å². The van der Waals surface area contributed by atoms with E-state index in [1.807, 2.05) is 12.1 Å². The molecule has 1 rings (SSSR count). The molecule has 3 heteroatoms. The molecular formula is C13H21ClN2. The highest BCUT2D eigenvalue weighted by Gasteiger charge is 2.12. The molecule has 1 aromatic rings. The maximum Gasteiger partial charge on any atom is 0.0656 e. The normalized spacial score (nSPS) is 12.6. The Hall–Kier alpha value is -0.890. The van der Waals surface area contributed by atoms with Crippen LogP contribution in [0.1, 0.15) is 32.3 Å². The Morgan fingerprint density at radius 3 is 2.62 bits per heavy atom. The van der Waals surface area contributed by atoms with Crippen LogP contribution < -0.4 is 10.6 Å². The minimum absolute atomic E-state index is 0.517. The van der Waals surface area contributed by atoms with Crippen molar-refractivity contribution in [3.05, 3.63) is 22.7 Å². The zero-order valence-electron chi connectivity index (χ0n) is 10.5. The van der Waals surface area contributed by atoms with Crippen LogP contribution in [-0.4, -0.2) is 13.1 Å². The minimum atomic E-state index is 0.517. The van der Waals surface area contributed by atoms with Gasteiger partial charge in [-0.25, -0.2) is 0 Å². The van der Waals surface area contributed by atoms with Gasteiger partial charge in [-0.3, -0.25) is 0 Å². The summed E-state index contributed by atoms with van der Waals surface area (Å²) in [5, 5.41) is 0.635. The summed E-state index contributed by atoms with van der Waals surface area (Å²) in [6.45, 7) is 6.50. The Bertz CT molecular complexity index is 363. The van der Waals surface area contributed by atoms with Crippen LogP contribution in [-0.2, 0) is 0 Å². The maximum absolute atomic E-state index is 6.06. The van der Waals surface area contributed by atoms with Crippen molar-refractivity contribution in [2.75, 3.05) is 17.7 Å². The van der Waals surface area contributed by atoms with Gasteiger partial charge in [0.1, 0.15) is 0 Å². The van der Waals surface area contributed by atoms with E-state index in [1.165, 1.54) is 24.1 Å². The molecule has 0 aliphatic rings. The molecule has 16 heavy (non-hydrogen) atoms. The van der Waals surface area contributed by atoms with E-state index in [2.05, 4.69) is 32.7 Å². The minimum Gasteiger partial charge on any atom is -0.398 e. The van der Waals surface area contributed by atoms with Crippen molar-refractivity contribution < 1.29 is 0 Å². The number of benzene rings is 1. The number of hydrogen-bond acceptors (Lipinski definition) is 2. The van der Waals surface area contributed by atoms with Gasteiger partial charge in [-0.05, 0) is 38.0 Å². The highest BCUT2D eigenvalue weighted by Crippen LogP contribution is 2.30. The number of rotatable bonds is 4. The van der Waals surface area contributed by atoms with Gasteiger partial charge >= 0.3 is 0 Å². The highest BCUT2D eigenvalue weighted by molar-refractivity contribution is 6.33. The zero-order valence-corrected chi connectivity index (χ0v) is 11.3. The molecule has 1 aromatic carbocycles. The predicted octanol–water partition coefficient (Wildman–Crippen LogP) is 3.86. The van der Waals surface area contributed by atoms with Crippen molar-refractivity contribution in [3.8, 4) is 0 Å². The molecular weight excluding hydrogens is 220 g/mol. The van der Waals surface area contributed by atoms with E-state index in [0.29, 0.717) is 16.8 Å². The van der Waals surface area contributed by atoms with Crippen LogP contribution in [0.3, 0.4) is 0 Å². The number of nitrogens with zero attached hydrogens (tertiary/aromatic N) is 1. The summed E-state index contributed by atoms with van der Waals surface area (Å²) < 4.78 is 0. The fourth-order valence-electron chi connectivity index (χ4n) is 1.92. The first-order chi connectivity index (χ1) is 7.47. The predicted molar refractivity (Wildman–Crippen MR) is 73.4 cm³/mol. The van der Waals surface area contributed by atoms with Gasteiger partial charge in [0.25, 0.3) is 0 Å². The van der Waals surface area contributed by atoms with E-state index in [0.717, 1.165) is 0 Å². The molecule has 0 amide bonds. The third-order valence-electron chi connectivity index (χ3n) is 3.06. The van der Waals surface area contributed by atoms with E-state index in [9.17, 15) is 0 Å². The van der Waals surface area contributed by atoms with Crippen LogP contribution in [0, 0.1) is 6.92 Å². The van der Waals surface area contributed by atoms with E-state index >= 15 is 0 Å². The number of hydrogen-bond donors (Lipinski definition) is 1. The monoisotopic (exact) mass is 240 g/mol. The quantitative estimate of drug-likeness (QED) is 0.810. The molecule has 0 aliphatic heterocycles. The molecule has 2 nitrogen and oxygen atoms in total. The average Bonchev–Trinajstić information content (AvgIpc) is 2.23. The summed E-state index contributed by atoms with van der Waals surface area (Å²) >= 11 is 6.06. The lowest BCUT2D eigenvalue weighted by atomic mass is 10.1. The van der Waals surface area contributed by atoms with Crippen molar-refractivity contribution in [1.29, 1.82) is 0 Å². The van der Waals surface area contributed by atoms with Crippen molar-refractivity contribution in [1.82, 2.24) is 0 Å². The standard InChI is InChI=1S/C13H21ClN2/c1-5-6-10(3)16(4)13-8-11(14)12(15)7-9(13)2/h7-8,10H,5-6,15H2,1-4H3. The summed E-state index contributed by atoms with van der Waals surface area (Å²) in [5.74, 6) is 0. The molecule has 0 spiro atoms. The van der Waals surface area contributed by atoms with Crippen LogP contribution in [0.4, 0.5) is 11.4 Å². The van der Waals surface area contributed by atoms with Gasteiger partial charge in [0.2, 0.25) is 0 Å². The van der Waals surface area contributed by atoms with Crippen molar-refractivity contribution in [2.24, 2.45) is 0 Å². The highest BCUT2D eigenvalue weighted by atomic mass is 35.5. The molecule has 90 valence electrons. The number of halogens is 1. The van der Waals surface area contributed by atoms with E-state index in [1.54, 1.807) is 0 Å². The molecule has 0 heterocycles. The smallest absolute Gasteiger partial charge is 0.0656 e. The molecule has 1 atom stereocenters. The molecule has 0 radical (unpaired) electrons. The molecule has 0 fully saturated rings. The van der Waals surface area contributed by atoms with Crippen LogP contribution in [0.2, 0.25) is 5.02 Å². The Kier molecular flexibility index (Phi) is 4.48. The van der Waals surface area contributed by atoms with Gasteiger partial charge < -0.3 is 10.6 Å². The molecule has 1 unspecified atom stereocenters. The second-order valence-corrected chi connectivity index (χ2v) is 4.82. The van der Waals surface area contributed by atoms with Gasteiger partial charge in [-0.2, -0.15) is 0 Å². The lowest BCUT2D eigenvalue weighted by Crippen LogP contribution is -2.29. The lowest BCUT2D eigenvalue weighted by Gasteiger charge is -2.28. The van der Waals surface area contributed by atoms with Crippen LogP contribution in [0.15, 0.2) is 12.1 Å². The molecule has 2 N–H and O–H groups in total. The molecule has 0 aliphatic carbocycles. The molecule has 0 saturated carbocycles. The first-order valence-corrected chi connectivity index (χ1v) is 6.13. The maximum atomic E-state index is 6.06. The summed E-state index contributed by atoms with van der Waals surface area (Å²) in [6, 6.07) is 4.41. The van der Waals surface area contributed by atoms with E-state index in [4.69, 9.17) is 17.3 Å². The summed E-state index contributed by atoms with van der Waals surface area (Å²) in [4.78, 5) is 2.27. The SMILES string of the molecule is CCCC(C)N(C)c1cc(Cl)c(N)cc1C. The number of anilines is 2. The van der Waals surface area contributed by atoms with Crippen LogP contribution >= 0.6 is 11.6 Å². The molecule has 0 aromatic heterocycles. The summed E-state index contributed by atoms with van der Waals surface area (Å²) in [5.41, 5.74) is 8.77.